The Bertz CT molecular complexity index is 1630. The molecule has 1 aliphatic rings. The number of fused-ring (bicyclic) bond motifs is 1. The number of aromatic carboxylic acids is 1. The fourth-order valence-corrected chi connectivity index (χ4v) is 5.14. The van der Waals surface area contributed by atoms with E-state index >= 15 is 4.39 Å². The molecular weight excluding hydrogens is 527 g/mol. The lowest BCUT2D eigenvalue weighted by molar-refractivity contribution is 0.0702. The Hall–Kier alpha value is -4.49. The molecule has 202 valence electrons. The molecule has 0 saturated heterocycles. The zero-order chi connectivity index (χ0) is 27.7. The Kier molecular flexibility index (Phi) is 7.17. The van der Waals surface area contributed by atoms with Gasteiger partial charge in [-0.05, 0) is 53.3 Å². The van der Waals surface area contributed by atoms with Crippen molar-refractivity contribution in [3.05, 3.63) is 91.0 Å². The minimum Gasteiger partial charge on any atom is -0.488 e. The third-order valence-electron chi connectivity index (χ3n) is 6.31. The Morgan fingerprint density at radius 2 is 2.15 bits per heavy atom. The van der Waals surface area contributed by atoms with Crippen LogP contribution in [0, 0.1) is 11.2 Å². The number of thiophene rings is 1. The van der Waals surface area contributed by atoms with E-state index in [1.165, 1.54) is 6.07 Å². The van der Waals surface area contributed by atoms with Crippen molar-refractivity contribution in [1.82, 2.24) is 20.1 Å². The molecule has 0 spiro atoms. The molecule has 2 aromatic carbocycles. The summed E-state index contributed by atoms with van der Waals surface area (Å²) in [5.41, 5.74) is 2.52. The fraction of sp³-hybridized carbons (Fsp3) is 0.231. The highest BCUT2D eigenvalue weighted by Crippen LogP contribution is 2.33. The first-order valence-corrected chi connectivity index (χ1v) is 13.0. The Morgan fingerprint density at radius 3 is 2.90 bits per heavy atom. The molecule has 4 aromatic rings. The van der Waals surface area contributed by atoms with Crippen LogP contribution in [0.1, 0.15) is 50.7 Å². The number of hydrogen-bond acceptors (Lipinski definition) is 8. The van der Waals surface area contributed by atoms with Crippen LogP contribution in [0.5, 0.6) is 5.75 Å². The number of anilines is 1. The number of ether oxygens (including phenoxy) is 1. The number of halogens is 1. The highest BCUT2D eigenvalue weighted by Gasteiger charge is 2.28. The average Bonchev–Trinajstić information content (AvgIpc) is 3.65. The van der Waals surface area contributed by atoms with Crippen LogP contribution < -0.4 is 21.1 Å². The van der Waals surface area contributed by atoms with Gasteiger partial charge in [0.25, 0.3) is 0 Å². The number of benzene rings is 2. The SMILES string of the molecule is CCc1cc(OCCO)c(F)c([C@H](Nc2ccc3c(c2)CNC3=N)c2nn(-c3ccsc3C(=O)O)c(=O)[nH]2)c1. The lowest BCUT2D eigenvalue weighted by Gasteiger charge is -2.21. The molecule has 0 unspecified atom stereocenters. The summed E-state index contributed by atoms with van der Waals surface area (Å²) in [7, 11) is 0. The molecule has 11 nitrogen and oxygen atoms in total. The van der Waals surface area contributed by atoms with Crippen LogP contribution in [-0.4, -0.2) is 50.0 Å². The molecular formula is C26H25FN6O5S. The van der Waals surface area contributed by atoms with E-state index in [2.05, 4.69) is 20.7 Å². The number of H-pyrrole nitrogens is 1. The summed E-state index contributed by atoms with van der Waals surface area (Å²) in [4.78, 5) is 27.2. The van der Waals surface area contributed by atoms with Crippen LogP contribution in [0.25, 0.3) is 5.69 Å². The van der Waals surface area contributed by atoms with Gasteiger partial charge in [-0.2, -0.15) is 4.68 Å². The molecule has 0 aliphatic carbocycles. The molecule has 5 rings (SSSR count). The molecule has 6 N–H and O–H groups in total. The van der Waals surface area contributed by atoms with Crippen molar-refractivity contribution in [3.8, 4) is 11.4 Å². The van der Waals surface area contributed by atoms with Gasteiger partial charge in [-0.1, -0.05) is 13.0 Å². The molecule has 39 heavy (non-hydrogen) atoms. The summed E-state index contributed by atoms with van der Waals surface area (Å²) in [5.74, 6) is -1.58. The third-order valence-corrected chi connectivity index (χ3v) is 7.20. The molecule has 3 heterocycles. The van der Waals surface area contributed by atoms with Gasteiger partial charge in [-0.25, -0.2) is 14.0 Å². The minimum atomic E-state index is -1.20. The van der Waals surface area contributed by atoms with Gasteiger partial charge in [-0.3, -0.25) is 10.4 Å². The summed E-state index contributed by atoms with van der Waals surface area (Å²) >= 11 is 0.957. The van der Waals surface area contributed by atoms with E-state index in [1.54, 1.807) is 29.6 Å². The van der Waals surface area contributed by atoms with Crippen molar-refractivity contribution < 1.29 is 24.1 Å². The van der Waals surface area contributed by atoms with Crippen molar-refractivity contribution in [2.24, 2.45) is 0 Å². The number of carboxylic acid groups (broad SMARTS) is 1. The summed E-state index contributed by atoms with van der Waals surface area (Å²) < 4.78 is 22.3. The Balaban J connectivity index is 1.64. The lowest BCUT2D eigenvalue weighted by atomic mass is 9.99. The number of carbonyl (C=O) groups is 1. The number of carboxylic acids is 1. The first-order valence-electron chi connectivity index (χ1n) is 12.1. The highest BCUT2D eigenvalue weighted by atomic mass is 32.1. The van der Waals surface area contributed by atoms with Crippen LogP contribution in [0.2, 0.25) is 0 Å². The van der Waals surface area contributed by atoms with E-state index in [9.17, 15) is 19.8 Å². The maximum atomic E-state index is 15.9. The molecule has 1 atom stereocenters. The number of aliphatic hydroxyl groups excluding tert-OH is 1. The van der Waals surface area contributed by atoms with Gasteiger partial charge in [0.15, 0.2) is 17.4 Å². The van der Waals surface area contributed by atoms with E-state index in [1.807, 2.05) is 13.0 Å². The van der Waals surface area contributed by atoms with Crippen molar-refractivity contribution in [2.45, 2.75) is 25.9 Å². The van der Waals surface area contributed by atoms with Gasteiger partial charge in [0.1, 0.15) is 23.4 Å². The van der Waals surface area contributed by atoms with E-state index in [0.29, 0.717) is 24.5 Å². The largest absolute Gasteiger partial charge is 0.488 e. The monoisotopic (exact) mass is 552 g/mol. The molecule has 2 aromatic heterocycles. The van der Waals surface area contributed by atoms with Gasteiger partial charge in [-0.15, -0.1) is 16.4 Å². The quantitative estimate of drug-likeness (QED) is 0.175. The molecule has 0 fully saturated rings. The molecule has 13 heteroatoms. The van der Waals surface area contributed by atoms with Crippen molar-refractivity contribution >= 4 is 28.8 Å². The minimum absolute atomic E-state index is 0.0502. The van der Waals surface area contributed by atoms with E-state index in [0.717, 1.165) is 32.7 Å². The normalized spacial score (nSPS) is 13.2. The fourth-order valence-electron chi connectivity index (χ4n) is 4.43. The molecule has 0 radical (unpaired) electrons. The molecule has 1 aliphatic heterocycles. The van der Waals surface area contributed by atoms with Gasteiger partial charge in [0.2, 0.25) is 0 Å². The molecule has 0 bridgehead atoms. The van der Waals surface area contributed by atoms with Crippen molar-refractivity contribution in [2.75, 3.05) is 18.5 Å². The van der Waals surface area contributed by atoms with Crippen molar-refractivity contribution in [1.29, 1.82) is 5.41 Å². The van der Waals surface area contributed by atoms with E-state index in [-0.39, 0.29) is 40.9 Å². The first kappa shape index (κ1) is 26.1. The number of aromatic nitrogens is 3. The van der Waals surface area contributed by atoms with Crippen LogP contribution in [0.15, 0.2) is 46.6 Å². The van der Waals surface area contributed by atoms with E-state index < -0.39 is 23.5 Å². The number of rotatable bonds is 10. The van der Waals surface area contributed by atoms with Gasteiger partial charge in [0.05, 0.1) is 12.3 Å². The lowest BCUT2D eigenvalue weighted by Crippen LogP contribution is -2.18. The van der Waals surface area contributed by atoms with Gasteiger partial charge in [0, 0.05) is 23.4 Å². The number of aromatic amines is 1. The predicted octanol–water partition coefficient (Wildman–Crippen LogP) is 3.02. The maximum Gasteiger partial charge on any atom is 0.348 e. The number of nitrogens with one attached hydrogen (secondary N) is 4. The highest BCUT2D eigenvalue weighted by molar-refractivity contribution is 7.12. The van der Waals surface area contributed by atoms with E-state index in [4.69, 9.17) is 10.1 Å². The predicted molar refractivity (Wildman–Crippen MR) is 143 cm³/mol. The molecule has 0 saturated carbocycles. The second-order valence-corrected chi connectivity index (χ2v) is 9.68. The second kappa shape index (κ2) is 10.7. The average molecular weight is 553 g/mol. The van der Waals surface area contributed by atoms with Crippen molar-refractivity contribution in [3.63, 3.8) is 0 Å². The zero-order valence-electron chi connectivity index (χ0n) is 20.7. The number of nitrogens with zero attached hydrogens (tertiary/aromatic N) is 2. The van der Waals surface area contributed by atoms with Crippen LogP contribution in [0.4, 0.5) is 10.1 Å². The number of aliphatic hydroxyl groups is 1. The number of amidine groups is 1. The summed E-state index contributed by atoms with van der Waals surface area (Å²) in [5, 5.41) is 38.9. The summed E-state index contributed by atoms with van der Waals surface area (Å²) in [6.07, 6.45) is 0.559. The van der Waals surface area contributed by atoms with Crippen LogP contribution in [0.3, 0.4) is 0 Å². The Morgan fingerprint density at radius 1 is 1.33 bits per heavy atom. The van der Waals surface area contributed by atoms with Gasteiger partial charge >= 0.3 is 11.7 Å². The summed E-state index contributed by atoms with van der Waals surface area (Å²) in [6.45, 7) is 1.97. The molecule has 0 amide bonds. The third kappa shape index (κ3) is 5.01. The zero-order valence-corrected chi connectivity index (χ0v) is 21.6. The topological polar surface area (TPSA) is 165 Å². The number of aryl methyl sites for hydroxylation is 1. The van der Waals surface area contributed by atoms with Crippen LogP contribution >= 0.6 is 11.3 Å². The smallest absolute Gasteiger partial charge is 0.348 e. The maximum absolute atomic E-state index is 15.9. The van der Waals surface area contributed by atoms with Gasteiger partial charge < -0.3 is 25.6 Å². The second-order valence-electron chi connectivity index (χ2n) is 8.77. The standard InChI is InChI=1S/C26H25FN6O5S/c1-2-13-9-17(20(27)19(10-13)38-7-6-34)21(30-15-3-4-16-14(11-15)12-29-23(16)28)24-31-26(37)33(32-24)18-5-8-39-22(18)25(35)36/h3-5,8-11,21,30,34H,2,6-7,12H2,1H3,(H2,28,29)(H,35,36)(H,31,32,37)/t21-/m0/s1. The summed E-state index contributed by atoms with van der Waals surface area (Å²) in [6, 6.07) is 9.02. The number of hydrogen-bond donors (Lipinski definition) is 6. The first-order chi connectivity index (χ1) is 18.8. The Labute approximate surface area is 225 Å². The van der Waals surface area contributed by atoms with Crippen LogP contribution in [-0.2, 0) is 13.0 Å².